The first-order valence-electron chi connectivity index (χ1n) is 12.4. The van der Waals surface area contributed by atoms with Crippen LogP contribution in [-0.2, 0) is 13.0 Å². The minimum Gasteiger partial charge on any atom is -0.396 e. The van der Waals surface area contributed by atoms with Crippen molar-refractivity contribution >= 4 is 41.3 Å². The minimum atomic E-state index is 0. The van der Waals surface area contributed by atoms with E-state index in [2.05, 4.69) is 34.8 Å². The lowest BCUT2D eigenvalue weighted by Crippen LogP contribution is -2.43. The van der Waals surface area contributed by atoms with Gasteiger partial charge in [-0.1, -0.05) is 26.2 Å². The quantitative estimate of drug-likeness (QED) is 0.218. The SMILES string of the molecule is CCNC(=NCC1(CCO)CCCCC1)NCC1CCN(Cc2csc(CC)n2)CC1.I. The Morgan fingerprint density at radius 1 is 1.22 bits per heavy atom. The lowest BCUT2D eigenvalue weighted by Gasteiger charge is -2.36. The molecule has 2 heterocycles. The molecule has 3 N–H and O–H groups in total. The molecule has 1 aromatic heterocycles. The largest absolute Gasteiger partial charge is 0.396 e. The van der Waals surface area contributed by atoms with Gasteiger partial charge in [-0.15, -0.1) is 35.3 Å². The molecule has 0 unspecified atom stereocenters. The molecule has 1 aliphatic carbocycles. The Hall–Kier alpha value is -0.450. The van der Waals surface area contributed by atoms with Crippen LogP contribution in [0.3, 0.4) is 0 Å². The number of rotatable bonds is 10. The number of hydrogen-bond donors (Lipinski definition) is 3. The van der Waals surface area contributed by atoms with Gasteiger partial charge in [0.15, 0.2) is 5.96 Å². The molecule has 1 aliphatic heterocycles. The molecule has 8 heteroatoms. The van der Waals surface area contributed by atoms with Crippen LogP contribution < -0.4 is 10.6 Å². The van der Waals surface area contributed by atoms with Gasteiger partial charge in [0.1, 0.15) is 0 Å². The third-order valence-electron chi connectivity index (χ3n) is 7.03. The molecular weight excluding hydrogens is 533 g/mol. The van der Waals surface area contributed by atoms with E-state index in [4.69, 9.17) is 9.98 Å². The summed E-state index contributed by atoms with van der Waals surface area (Å²) in [5.74, 6) is 1.64. The lowest BCUT2D eigenvalue weighted by atomic mass is 9.72. The molecule has 0 bridgehead atoms. The molecule has 0 atom stereocenters. The van der Waals surface area contributed by atoms with E-state index >= 15 is 0 Å². The molecule has 1 aromatic rings. The summed E-state index contributed by atoms with van der Waals surface area (Å²) >= 11 is 1.79. The van der Waals surface area contributed by atoms with Gasteiger partial charge in [0.05, 0.1) is 10.7 Å². The van der Waals surface area contributed by atoms with Crippen molar-refractivity contribution in [2.45, 2.75) is 78.2 Å². The van der Waals surface area contributed by atoms with Crippen molar-refractivity contribution in [1.82, 2.24) is 20.5 Å². The van der Waals surface area contributed by atoms with Crippen LogP contribution in [0.2, 0.25) is 0 Å². The van der Waals surface area contributed by atoms with Crippen molar-refractivity contribution in [2.75, 3.05) is 39.3 Å². The van der Waals surface area contributed by atoms with Crippen LogP contribution in [-0.4, -0.2) is 60.3 Å². The molecule has 0 spiro atoms. The van der Waals surface area contributed by atoms with Gasteiger partial charge in [-0.25, -0.2) is 4.98 Å². The summed E-state index contributed by atoms with van der Waals surface area (Å²) in [6.07, 6.45) is 10.7. The van der Waals surface area contributed by atoms with Crippen molar-refractivity contribution in [3.63, 3.8) is 0 Å². The van der Waals surface area contributed by atoms with Crippen molar-refractivity contribution in [2.24, 2.45) is 16.3 Å². The second kappa shape index (κ2) is 14.7. The van der Waals surface area contributed by atoms with E-state index in [-0.39, 0.29) is 36.0 Å². The van der Waals surface area contributed by atoms with E-state index in [0.717, 1.165) is 58.1 Å². The zero-order valence-electron chi connectivity index (χ0n) is 20.1. The van der Waals surface area contributed by atoms with Crippen LogP contribution >= 0.6 is 35.3 Å². The molecule has 0 amide bonds. The fourth-order valence-corrected chi connectivity index (χ4v) is 5.75. The summed E-state index contributed by atoms with van der Waals surface area (Å²) in [6, 6.07) is 0. The van der Waals surface area contributed by atoms with Gasteiger partial charge in [-0.3, -0.25) is 9.89 Å². The van der Waals surface area contributed by atoms with E-state index in [9.17, 15) is 5.11 Å². The van der Waals surface area contributed by atoms with Gasteiger partial charge in [0.2, 0.25) is 0 Å². The average Bonchev–Trinajstić information content (AvgIpc) is 3.25. The summed E-state index contributed by atoms with van der Waals surface area (Å²) in [5, 5.41) is 20.1. The Morgan fingerprint density at radius 3 is 2.59 bits per heavy atom. The number of aliphatic hydroxyl groups is 1. The highest BCUT2D eigenvalue weighted by Gasteiger charge is 2.31. The Morgan fingerprint density at radius 2 is 1.97 bits per heavy atom. The first-order chi connectivity index (χ1) is 15.2. The van der Waals surface area contributed by atoms with Crippen LogP contribution in [0.1, 0.15) is 75.9 Å². The van der Waals surface area contributed by atoms with Crippen LogP contribution in [0, 0.1) is 11.3 Å². The summed E-state index contributed by atoms with van der Waals surface area (Å²) in [5.41, 5.74) is 1.44. The van der Waals surface area contributed by atoms with Gasteiger partial charge in [-0.05, 0) is 69.9 Å². The van der Waals surface area contributed by atoms with E-state index in [1.165, 1.54) is 55.6 Å². The third-order valence-corrected chi connectivity index (χ3v) is 8.07. The molecule has 1 saturated carbocycles. The van der Waals surface area contributed by atoms with Gasteiger partial charge in [0, 0.05) is 38.2 Å². The number of nitrogens with zero attached hydrogens (tertiary/aromatic N) is 3. The molecule has 0 aromatic carbocycles. The summed E-state index contributed by atoms with van der Waals surface area (Å²) in [6.45, 7) is 10.6. The Bertz CT molecular complexity index is 664. The predicted molar refractivity (Wildman–Crippen MR) is 146 cm³/mol. The minimum absolute atomic E-state index is 0. The van der Waals surface area contributed by atoms with Crippen molar-refractivity contribution in [1.29, 1.82) is 0 Å². The fraction of sp³-hybridized carbons (Fsp3) is 0.833. The zero-order chi connectivity index (χ0) is 21.9. The second-order valence-corrected chi connectivity index (χ2v) is 10.4. The fourth-order valence-electron chi connectivity index (χ4n) is 5.02. The first kappa shape index (κ1) is 27.8. The maximum absolute atomic E-state index is 9.57. The van der Waals surface area contributed by atoms with Crippen molar-refractivity contribution < 1.29 is 5.11 Å². The van der Waals surface area contributed by atoms with E-state index in [1.807, 2.05) is 0 Å². The van der Waals surface area contributed by atoms with Gasteiger partial charge in [0.25, 0.3) is 0 Å². The highest BCUT2D eigenvalue weighted by atomic mass is 127. The van der Waals surface area contributed by atoms with E-state index < -0.39 is 0 Å². The van der Waals surface area contributed by atoms with Crippen LogP contribution in [0.4, 0.5) is 0 Å². The number of thiazole rings is 1. The normalized spacial score (nSPS) is 20.0. The van der Waals surface area contributed by atoms with Crippen LogP contribution in [0.15, 0.2) is 10.4 Å². The van der Waals surface area contributed by atoms with Gasteiger partial charge < -0.3 is 15.7 Å². The maximum atomic E-state index is 9.57. The number of piperidine rings is 1. The predicted octanol–water partition coefficient (Wildman–Crippen LogP) is 4.42. The molecule has 1 saturated heterocycles. The Balaban J connectivity index is 0.00000363. The van der Waals surface area contributed by atoms with Gasteiger partial charge in [-0.2, -0.15) is 0 Å². The third kappa shape index (κ3) is 8.72. The summed E-state index contributed by atoms with van der Waals surface area (Å²) < 4.78 is 0. The molecule has 184 valence electrons. The Kier molecular flexibility index (Phi) is 12.8. The zero-order valence-corrected chi connectivity index (χ0v) is 23.2. The summed E-state index contributed by atoms with van der Waals surface area (Å²) in [4.78, 5) is 12.2. The number of halogens is 1. The molecule has 0 radical (unpaired) electrons. The summed E-state index contributed by atoms with van der Waals surface area (Å²) in [7, 11) is 0. The molecule has 2 fully saturated rings. The first-order valence-corrected chi connectivity index (χ1v) is 13.3. The monoisotopic (exact) mass is 577 g/mol. The standard InChI is InChI=1S/C24H43N5OS.HI/c1-3-22-28-21(18-31-22)17-29-13-8-20(9-14-29)16-26-23(25-4-2)27-19-24(12-15-30)10-6-5-7-11-24;/h18,20,30H,3-17,19H2,1-2H3,(H2,25,26,27);1H. The highest BCUT2D eigenvalue weighted by molar-refractivity contribution is 14.0. The van der Waals surface area contributed by atoms with Gasteiger partial charge >= 0.3 is 0 Å². The molecular formula is C24H44IN5OS. The number of aliphatic hydroxyl groups excluding tert-OH is 1. The molecule has 32 heavy (non-hydrogen) atoms. The smallest absolute Gasteiger partial charge is 0.191 e. The molecule has 3 rings (SSSR count). The highest BCUT2D eigenvalue weighted by Crippen LogP contribution is 2.39. The number of hydrogen-bond acceptors (Lipinski definition) is 5. The number of likely N-dealkylation sites (tertiary alicyclic amines) is 1. The van der Waals surface area contributed by atoms with Crippen molar-refractivity contribution in [3.05, 3.63) is 16.1 Å². The Labute approximate surface area is 216 Å². The molecule has 6 nitrogen and oxygen atoms in total. The molecule has 2 aliphatic rings. The average molecular weight is 578 g/mol. The van der Waals surface area contributed by atoms with Crippen LogP contribution in [0.5, 0.6) is 0 Å². The van der Waals surface area contributed by atoms with Crippen molar-refractivity contribution in [3.8, 4) is 0 Å². The maximum Gasteiger partial charge on any atom is 0.191 e. The van der Waals surface area contributed by atoms with E-state index in [0.29, 0.717) is 5.92 Å². The lowest BCUT2D eigenvalue weighted by molar-refractivity contribution is 0.137. The topological polar surface area (TPSA) is 72.8 Å². The number of aryl methyl sites for hydroxylation is 1. The number of nitrogens with one attached hydrogen (secondary N) is 2. The number of aliphatic imine (C=N–C) groups is 1. The number of guanidine groups is 1. The van der Waals surface area contributed by atoms with E-state index in [1.54, 1.807) is 11.3 Å². The second-order valence-electron chi connectivity index (χ2n) is 9.42. The van der Waals surface area contributed by atoms with Crippen LogP contribution in [0.25, 0.3) is 0 Å². The number of aromatic nitrogens is 1.